The average Bonchev–Trinajstić information content (AvgIpc) is 2.70. The van der Waals surface area contributed by atoms with Crippen molar-refractivity contribution in [2.75, 3.05) is 17.1 Å². The van der Waals surface area contributed by atoms with Crippen molar-refractivity contribution in [1.29, 1.82) is 0 Å². The van der Waals surface area contributed by atoms with Crippen molar-refractivity contribution in [2.45, 2.75) is 59.7 Å². The van der Waals surface area contributed by atoms with Crippen molar-refractivity contribution in [3.8, 4) is 0 Å². The van der Waals surface area contributed by atoms with E-state index in [4.69, 9.17) is 0 Å². The highest BCUT2D eigenvalue weighted by Crippen LogP contribution is 2.22. The molecule has 1 atom stereocenters. The third-order valence-electron chi connectivity index (χ3n) is 5.32. The largest absolute Gasteiger partial charge is 0.350 e. The Morgan fingerprint density at radius 2 is 1.61 bits per heavy atom. The summed E-state index contributed by atoms with van der Waals surface area (Å²) in [5.41, 5.74) is 2.74. The van der Waals surface area contributed by atoms with Crippen LogP contribution in [0.25, 0.3) is 0 Å². The Kier molecular flexibility index (Phi) is 8.30. The fraction of sp³-hybridized carbons (Fsp3) is 0.440. The highest BCUT2D eigenvalue weighted by atomic mass is 32.2. The summed E-state index contributed by atoms with van der Waals surface area (Å²) >= 11 is 0. The Hall–Kier alpha value is -2.87. The number of hydrogen-bond donors (Lipinski definition) is 1. The molecule has 8 heteroatoms. The van der Waals surface area contributed by atoms with Gasteiger partial charge in [0, 0.05) is 12.1 Å². The Labute approximate surface area is 197 Å². The van der Waals surface area contributed by atoms with E-state index in [9.17, 15) is 18.0 Å². The standard InChI is InChI=1S/C25H35N3O4S/c1-18-13-14-22(15-19(18)2)28(33(7,31)32)17-23(29)27(16-21-11-9-8-10-12-21)20(3)24(30)26-25(4,5)6/h8-15,20H,16-17H2,1-7H3,(H,26,30)/t20-/m1/s1. The van der Waals surface area contributed by atoms with E-state index in [-0.39, 0.29) is 12.5 Å². The second-order valence-electron chi connectivity index (χ2n) is 9.46. The van der Waals surface area contributed by atoms with Crippen LogP contribution in [0.4, 0.5) is 5.69 Å². The van der Waals surface area contributed by atoms with Gasteiger partial charge in [-0.2, -0.15) is 0 Å². The van der Waals surface area contributed by atoms with Crippen LogP contribution < -0.4 is 9.62 Å². The maximum absolute atomic E-state index is 13.5. The zero-order chi connectivity index (χ0) is 25.0. The van der Waals surface area contributed by atoms with Crippen LogP contribution >= 0.6 is 0 Å². The van der Waals surface area contributed by atoms with Crippen LogP contribution in [0.15, 0.2) is 48.5 Å². The molecule has 180 valence electrons. The van der Waals surface area contributed by atoms with Gasteiger partial charge in [0.1, 0.15) is 12.6 Å². The van der Waals surface area contributed by atoms with Gasteiger partial charge in [0.05, 0.1) is 11.9 Å². The molecule has 33 heavy (non-hydrogen) atoms. The van der Waals surface area contributed by atoms with Gasteiger partial charge >= 0.3 is 0 Å². The van der Waals surface area contributed by atoms with Gasteiger partial charge < -0.3 is 10.2 Å². The molecule has 0 aliphatic heterocycles. The number of carbonyl (C=O) groups is 2. The molecule has 0 heterocycles. The number of aryl methyl sites for hydroxylation is 2. The van der Waals surface area contributed by atoms with Crippen LogP contribution in [0.5, 0.6) is 0 Å². The van der Waals surface area contributed by atoms with Crippen molar-refractivity contribution >= 4 is 27.5 Å². The summed E-state index contributed by atoms with van der Waals surface area (Å²) in [7, 11) is -3.74. The fourth-order valence-electron chi connectivity index (χ4n) is 3.33. The van der Waals surface area contributed by atoms with Gasteiger partial charge in [-0.05, 0) is 70.4 Å². The molecule has 0 aromatic heterocycles. The van der Waals surface area contributed by atoms with E-state index >= 15 is 0 Å². The number of benzene rings is 2. The minimum absolute atomic E-state index is 0.183. The molecule has 2 rings (SSSR count). The molecule has 2 aromatic rings. The number of hydrogen-bond acceptors (Lipinski definition) is 4. The lowest BCUT2D eigenvalue weighted by molar-refractivity contribution is -0.140. The highest BCUT2D eigenvalue weighted by Gasteiger charge is 2.31. The monoisotopic (exact) mass is 473 g/mol. The molecule has 0 bridgehead atoms. The molecule has 0 fully saturated rings. The van der Waals surface area contributed by atoms with Gasteiger partial charge in [-0.1, -0.05) is 36.4 Å². The van der Waals surface area contributed by atoms with Crippen LogP contribution in [-0.2, 0) is 26.2 Å². The van der Waals surface area contributed by atoms with E-state index in [1.165, 1.54) is 4.90 Å². The topological polar surface area (TPSA) is 86.8 Å². The summed E-state index contributed by atoms with van der Waals surface area (Å²) < 4.78 is 26.3. The minimum atomic E-state index is -3.74. The van der Waals surface area contributed by atoms with Crippen molar-refractivity contribution in [1.82, 2.24) is 10.2 Å². The summed E-state index contributed by atoms with van der Waals surface area (Å²) in [6.45, 7) is 10.9. The second-order valence-corrected chi connectivity index (χ2v) is 11.4. The quantitative estimate of drug-likeness (QED) is 0.637. The molecule has 0 aliphatic carbocycles. The van der Waals surface area contributed by atoms with E-state index in [1.807, 2.05) is 71.0 Å². The van der Waals surface area contributed by atoms with E-state index in [0.29, 0.717) is 5.69 Å². The molecule has 2 aromatic carbocycles. The van der Waals surface area contributed by atoms with Crippen molar-refractivity contribution in [2.24, 2.45) is 0 Å². The molecular formula is C25H35N3O4S. The Morgan fingerprint density at radius 1 is 1.00 bits per heavy atom. The van der Waals surface area contributed by atoms with Crippen LogP contribution in [-0.4, -0.2) is 49.5 Å². The molecule has 0 aliphatic rings. The van der Waals surface area contributed by atoms with Crippen molar-refractivity contribution in [3.05, 3.63) is 65.2 Å². The number of sulfonamides is 1. The molecule has 0 saturated carbocycles. The summed E-state index contributed by atoms with van der Waals surface area (Å²) in [6.07, 6.45) is 1.08. The Balaban J connectivity index is 2.40. The smallest absolute Gasteiger partial charge is 0.244 e. The van der Waals surface area contributed by atoms with Gasteiger partial charge in [0.25, 0.3) is 0 Å². The summed E-state index contributed by atoms with van der Waals surface area (Å²) in [5, 5.41) is 2.90. The molecule has 1 N–H and O–H groups in total. The first-order valence-electron chi connectivity index (χ1n) is 10.9. The number of rotatable bonds is 8. The average molecular weight is 474 g/mol. The molecule has 2 amide bonds. The highest BCUT2D eigenvalue weighted by molar-refractivity contribution is 7.92. The van der Waals surface area contributed by atoms with E-state index < -0.39 is 34.1 Å². The van der Waals surface area contributed by atoms with Gasteiger partial charge in [-0.25, -0.2) is 8.42 Å². The molecule has 0 spiro atoms. The van der Waals surface area contributed by atoms with Crippen LogP contribution in [0.1, 0.15) is 44.4 Å². The normalized spacial score (nSPS) is 12.7. The van der Waals surface area contributed by atoms with Crippen LogP contribution in [0.2, 0.25) is 0 Å². The first-order chi connectivity index (χ1) is 15.2. The van der Waals surface area contributed by atoms with E-state index in [1.54, 1.807) is 19.1 Å². The van der Waals surface area contributed by atoms with Gasteiger partial charge in [-0.15, -0.1) is 0 Å². The third-order valence-corrected chi connectivity index (χ3v) is 6.46. The fourth-order valence-corrected chi connectivity index (χ4v) is 4.17. The first kappa shape index (κ1) is 26.4. The summed E-state index contributed by atoms with van der Waals surface area (Å²) in [5.74, 6) is -0.761. The predicted molar refractivity (Wildman–Crippen MR) is 132 cm³/mol. The molecule has 0 saturated heterocycles. The zero-order valence-corrected chi connectivity index (χ0v) is 21.4. The maximum Gasteiger partial charge on any atom is 0.244 e. The zero-order valence-electron chi connectivity index (χ0n) is 20.5. The minimum Gasteiger partial charge on any atom is -0.350 e. The predicted octanol–water partition coefficient (Wildman–Crippen LogP) is 3.40. The first-order valence-corrected chi connectivity index (χ1v) is 12.7. The van der Waals surface area contributed by atoms with E-state index in [2.05, 4.69) is 5.32 Å². The number of amides is 2. The third kappa shape index (κ3) is 7.60. The summed E-state index contributed by atoms with van der Waals surface area (Å²) in [4.78, 5) is 27.8. The number of nitrogens with one attached hydrogen (secondary N) is 1. The molecule has 0 radical (unpaired) electrons. The lowest BCUT2D eigenvalue weighted by Gasteiger charge is -2.33. The van der Waals surface area contributed by atoms with Gasteiger partial charge in [-0.3, -0.25) is 13.9 Å². The van der Waals surface area contributed by atoms with Crippen LogP contribution in [0, 0.1) is 13.8 Å². The molecule has 7 nitrogen and oxygen atoms in total. The Morgan fingerprint density at radius 3 is 2.12 bits per heavy atom. The van der Waals surface area contributed by atoms with Gasteiger partial charge in [0.15, 0.2) is 0 Å². The SMILES string of the molecule is Cc1ccc(N(CC(=O)N(Cc2ccccc2)[C@H](C)C(=O)NC(C)(C)C)S(C)(=O)=O)cc1C. The molecular weight excluding hydrogens is 438 g/mol. The lowest BCUT2D eigenvalue weighted by Crippen LogP contribution is -2.54. The van der Waals surface area contributed by atoms with Gasteiger partial charge in [0.2, 0.25) is 21.8 Å². The summed E-state index contributed by atoms with van der Waals surface area (Å²) in [6, 6.07) is 13.8. The second kappa shape index (κ2) is 10.4. The van der Waals surface area contributed by atoms with Crippen molar-refractivity contribution in [3.63, 3.8) is 0 Å². The van der Waals surface area contributed by atoms with Crippen LogP contribution in [0.3, 0.4) is 0 Å². The lowest BCUT2D eigenvalue weighted by atomic mass is 10.1. The number of anilines is 1. The molecule has 0 unspecified atom stereocenters. The number of carbonyl (C=O) groups excluding carboxylic acids is 2. The maximum atomic E-state index is 13.5. The van der Waals surface area contributed by atoms with Crippen molar-refractivity contribution < 1.29 is 18.0 Å². The number of nitrogens with zero attached hydrogens (tertiary/aromatic N) is 2. The van der Waals surface area contributed by atoms with E-state index in [0.717, 1.165) is 27.3 Å². The Bertz CT molecular complexity index is 1090.